The summed E-state index contributed by atoms with van der Waals surface area (Å²) in [5, 5.41) is 3.85. The zero-order valence-corrected chi connectivity index (χ0v) is 10.7. The SMILES string of the molecule is CC(=O)c1ccccc1NCc1cc(Cl)ccn1. The standard InChI is InChI=1S/C14H13ClN2O/c1-10(18)13-4-2-3-5-14(13)17-9-12-8-11(15)6-7-16-12/h2-8,17H,9H2,1H3. The van der Waals surface area contributed by atoms with Gasteiger partial charge in [0.05, 0.1) is 12.2 Å². The Morgan fingerprint density at radius 1 is 1.33 bits per heavy atom. The fraction of sp³-hybridized carbons (Fsp3) is 0.143. The molecule has 3 nitrogen and oxygen atoms in total. The van der Waals surface area contributed by atoms with E-state index in [1.165, 1.54) is 0 Å². The Morgan fingerprint density at radius 2 is 2.11 bits per heavy atom. The van der Waals surface area contributed by atoms with Crippen molar-refractivity contribution in [2.75, 3.05) is 5.32 Å². The van der Waals surface area contributed by atoms with Gasteiger partial charge in [0.2, 0.25) is 0 Å². The Morgan fingerprint density at radius 3 is 2.83 bits per heavy atom. The molecule has 92 valence electrons. The van der Waals surface area contributed by atoms with Crippen LogP contribution >= 0.6 is 11.6 Å². The highest BCUT2D eigenvalue weighted by atomic mass is 35.5. The third kappa shape index (κ3) is 3.08. The molecule has 2 aromatic rings. The van der Waals surface area contributed by atoms with E-state index in [1.807, 2.05) is 18.2 Å². The van der Waals surface area contributed by atoms with Gasteiger partial charge in [-0.3, -0.25) is 9.78 Å². The summed E-state index contributed by atoms with van der Waals surface area (Å²) in [4.78, 5) is 15.7. The van der Waals surface area contributed by atoms with Crippen molar-refractivity contribution in [2.24, 2.45) is 0 Å². The first-order valence-corrected chi connectivity index (χ1v) is 5.99. The summed E-state index contributed by atoms with van der Waals surface area (Å²) in [6, 6.07) is 10.9. The third-order valence-electron chi connectivity index (χ3n) is 2.54. The van der Waals surface area contributed by atoms with E-state index in [2.05, 4.69) is 10.3 Å². The van der Waals surface area contributed by atoms with Crippen molar-refractivity contribution in [2.45, 2.75) is 13.5 Å². The molecule has 0 aliphatic carbocycles. The number of ketones is 1. The molecule has 2 rings (SSSR count). The quantitative estimate of drug-likeness (QED) is 0.855. The smallest absolute Gasteiger partial charge is 0.161 e. The van der Waals surface area contributed by atoms with Gasteiger partial charge in [-0.15, -0.1) is 0 Å². The van der Waals surface area contributed by atoms with Gasteiger partial charge in [0.25, 0.3) is 0 Å². The van der Waals surface area contributed by atoms with Crippen LogP contribution in [0, 0.1) is 0 Å². The summed E-state index contributed by atoms with van der Waals surface area (Å²) in [6.07, 6.45) is 1.66. The minimum atomic E-state index is 0.0390. The number of benzene rings is 1. The molecule has 0 bridgehead atoms. The first-order chi connectivity index (χ1) is 8.66. The molecular formula is C14H13ClN2O. The molecule has 18 heavy (non-hydrogen) atoms. The van der Waals surface area contributed by atoms with Crippen LogP contribution in [0.4, 0.5) is 5.69 Å². The second kappa shape index (κ2) is 5.65. The van der Waals surface area contributed by atoms with Gasteiger partial charge < -0.3 is 5.32 Å². The second-order valence-corrected chi connectivity index (χ2v) is 4.36. The summed E-state index contributed by atoms with van der Waals surface area (Å²) in [5.41, 5.74) is 2.33. The Bertz CT molecular complexity index is 569. The highest BCUT2D eigenvalue weighted by Gasteiger charge is 2.05. The largest absolute Gasteiger partial charge is 0.379 e. The highest BCUT2D eigenvalue weighted by molar-refractivity contribution is 6.30. The summed E-state index contributed by atoms with van der Waals surface area (Å²) in [6.45, 7) is 2.09. The molecule has 1 heterocycles. The van der Waals surface area contributed by atoms with E-state index in [-0.39, 0.29) is 5.78 Å². The number of rotatable bonds is 4. The topological polar surface area (TPSA) is 42.0 Å². The fourth-order valence-electron chi connectivity index (χ4n) is 1.68. The Labute approximate surface area is 111 Å². The number of anilines is 1. The van der Waals surface area contributed by atoms with Crippen LogP contribution in [0.2, 0.25) is 5.02 Å². The molecule has 1 aromatic carbocycles. The van der Waals surface area contributed by atoms with E-state index in [0.717, 1.165) is 11.4 Å². The second-order valence-electron chi connectivity index (χ2n) is 3.92. The zero-order valence-electron chi connectivity index (χ0n) is 9.98. The van der Waals surface area contributed by atoms with Crippen molar-refractivity contribution in [1.82, 2.24) is 4.98 Å². The molecule has 0 saturated carbocycles. The Hall–Kier alpha value is -1.87. The van der Waals surface area contributed by atoms with E-state index in [4.69, 9.17) is 11.6 Å². The Balaban J connectivity index is 2.13. The molecule has 0 atom stereocenters. The minimum absolute atomic E-state index is 0.0390. The maximum absolute atomic E-state index is 11.5. The molecular weight excluding hydrogens is 248 g/mol. The van der Waals surface area contributed by atoms with E-state index in [9.17, 15) is 4.79 Å². The zero-order chi connectivity index (χ0) is 13.0. The normalized spacial score (nSPS) is 10.1. The number of nitrogens with one attached hydrogen (secondary N) is 1. The lowest BCUT2D eigenvalue weighted by molar-refractivity contribution is 0.101. The maximum atomic E-state index is 11.5. The Kier molecular flexibility index (Phi) is 3.95. The number of para-hydroxylation sites is 1. The van der Waals surface area contributed by atoms with Crippen LogP contribution in [0.3, 0.4) is 0 Å². The number of hydrogen-bond donors (Lipinski definition) is 1. The van der Waals surface area contributed by atoms with Crippen molar-refractivity contribution in [3.8, 4) is 0 Å². The lowest BCUT2D eigenvalue weighted by atomic mass is 10.1. The molecule has 0 aliphatic heterocycles. The van der Waals surface area contributed by atoms with Crippen molar-refractivity contribution in [3.05, 3.63) is 58.9 Å². The molecule has 0 saturated heterocycles. The molecule has 4 heteroatoms. The summed E-state index contributed by atoms with van der Waals surface area (Å²) < 4.78 is 0. The van der Waals surface area contributed by atoms with Gasteiger partial charge in [0.1, 0.15) is 0 Å². The predicted octanol–water partition coefficient (Wildman–Crippen LogP) is 3.55. The van der Waals surface area contributed by atoms with Crippen LogP contribution in [-0.4, -0.2) is 10.8 Å². The number of Topliss-reactive ketones (excluding diaryl/α,β-unsaturated/α-hetero) is 1. The van der Waals surface area contributed by atoms with Gasteiger partial charge in [-0.2, -0.15) is 0 Å². The highest BCUT2D eigenvalue weighted by Crippen LogP contribution is 2.17. The molecule has 0 fully saturated rings. The van der Waals surface area contributed by atoms with Gasteiger partial charge in [-0.25, -0.2) is 0 Å². The van der Waals surface area contributed by atoms with Crippen LogP contribution in [0.25, 0.3) is 0 Å². The minimum Gasteiger partial charge on any atom is -0.379 e. The van der Waals surface area contributed by atoms with Gasteiger partial charge >= 0.3 is 0 Å². The molecule has 0 aliphatic rings. The van der Waals surface area contributed by atoms with Crippen LogP contribution in [0.15, 0.2) is 42.6 Å². The maximum Gasteiger partial charge on any atom is 0.161 e. The van der Waals surface area contributed by atoms with E-state index >= 15 is 0 Å². The third-order valence-corrected chi connectivity index (χ3v) is 2.78. The van der Waals surface area contributed by atoms with Crippen molar-refractivity contribution in [3.63, 3.8) is 0 Å². The number of carbonyl (C=O) groups is 1. The summed E-state index contributed by atoms with van der Waals surface area (Å²) in [5.74, 6) is 0.0390. The van der Waals surface area contributed by atoms with E-state index in [0.29, 0.717) is 17.1 Å². The molecule has 1 N–H and O–H groups in total. The molecule has 1 aromatic heterocycles. The van der Waals surface area contributed by atoms with Crippen molar-refractivity contribution >= 4 is 23.1 Å². The molecule has 0 radical (unpaired) electrons. The van der Waals surface area contributed by atoms with Crippen LogP contribution in [-0.2, 0) is 6.54 Å². The van der Waals surface area contributed by atoms with Crippen LogP contribution in [0.1, 0.15) is 23.0 Å². The first kappa shape index (κ1) is 12.6. The van der Waals surface area contributed by atoms with E-state index in [1.54, 1.807) is 31.3 Å². The molecule has 0 unspecified atom stereocenters. The lowest BCUT2D eigenvalue weighted by Crippen LogP contribution is -2.05. The number of pyridine rings is 1. The van der Waals surface area contributed by atoms with Crippen LogP contribution < -0.4 is 5.32 Å². The molecule has 0 spiro atoms. The summed E-state index contributed by atoms with van der Waals surface area (Å²) >= 11 is 5.89. The molecule has 0 amide bonds. The monoisotopic (exact) mass is 260 g/mol. The predicted molar refractivity (Wildman–Crippen MR) is 73.0 cm³/mol. The van der Waals surface area contributed by atoms with Gasteiger partial charge in [-0.1, -0.05) is 23.7 Å². The number of aromatic nitrogens is 1. The number of halogens is 1. The number of carbonyl (C=O) groups excluding carboxylic acids is 1. The van der Waals surface area contributed by atoms with E-state index < -0.39 is 0 Å². The summed E-state index contributed by atoms with van der Waals surface area (Å²) in [7, 11) is 0. The van der Waals surface area contributed by atoms with Crippen molar-refractivity contribution in [1.29, 1.82) is 0 Å². The van der Waals surface area contributed by atoms with Crippen molar-refractivity contribution < 1.29 is 4.79 Å². The van der Waals surface area contributed by atoms with Gasteiger partial charge in [0.15, 0.2) is 5.78 Å². The van der Waals surface area contributed by atoms with Gasteiger partial charge in [-0.05, 0) is 31.2 Å². The van der Waals surface area contributed by atoms with Crippen LogP contribution in [0.5, 0.6) is 0 Å². The average molecular weight is 261 g/mol. The fourth-order valence-corrected chi connectivity index (χ4v) is 1.86. The first-order valence-electron chi connectivity index (χ1n) is 5.61. The lowest BCUT2D eigenvalue weighted by Gasteiger charge is -2.09. The van der Waals surface area contributed by atoms with Gasteiger partial charge in [0, 0.05) is 22.5 Å². The number of hydrogen-bond acceptors (Lipinski definition) is 3. The average Bonchev–Trinajstić information content (AvgIpc) is 2.37. The number of nitrogens with zero attached hydrogens (tertiary/aromatic N) is 1.